The molecule has 8 heteroatoms. The van der Waals surface area contributed by atoms with Crippen molar-refractivity contribution in [2.45, 2.75) is 13.3 Å². The molecule has 2 heterocycles. The summed E-state index contributed by atoms with van der Waals surface area (Å²) >= 11 is 0. The smallest absolute Gasteiger partial charge is 0.311 e. The molecule has 18 heavy (non-hydrogen) atoms. The van der Waals surface area contributed by atoms with Crippen LogP contribution >= 0.6 is 0 Å². The van der Waals surface area contributed by atoms with Crippen molar-refractivity contribution in [3.05, 3.63) is 40.1 Å². The lowest BCUT2D eigenvalue weighted by molar-refractivity contribution is -0.384. The van der Waals surface area contributed by atoms with Gasteiger partial charge in [-0.3, -0.25) is 15.2 Å². The van der Waals surface area contributed by atoms with Gasteiger partial charge in [-0.05, 0) is 13.0 Å². The van der Waals surface area contributed by atoms with E-state index in [0.717, 1.165) is 11.5 Å². The third-order valence-electron chi connectivity index (χ3n) is 2.33. The summed E-state index contributed by atoms with van der Waals surface area (Å²) in [5, 5.41) is 20.2. The molecule has 2 N–H and O–H groups in total. The fourth-order valence-corrected chi connectivity index (χ4v) is 1.48. The van der Waals surface area contributed by atoms with E-state index in [9.17, 15) is 10.1 Å². The first-order valence-electron chi connectivity index (χ1n) is 5.37. The second-order valence-electron chi connectivity index (χ2n) is 3.69. The second kappa shape index (κ2) is 5.21. The van der Waals surface area contributed by atoms with E-state index in [1.807, 2.05) is 0 Å². The number of anilines is 1. The van der Waals surface area contributed by atoms with Crippen LogP contribution in [0.15, 0.2) is 18.5 Å². The molecule has 0 aromatic carbocycles. The predicted octanol–water partition coefficient (Wildman–Crippen LogP) is 1.07. The van der Waals surface area contributed by atoms with Crippen LogP contribution in [0.3, 0.4) is 0 Å². The molecule has 0 amide bonds. The number of nitrogens with one attached hydrogen (secondary N) is 2. The Morgan fingerprint density at radius 3 is 3.00 bits per heavy atom. The average Bonchev–Trinajstić information content (AvgIpc) is 2.82. The number of hydrogen-bond acceptors (Lipinski definition) is 6. The third-order valence-corrected chi connectivity index (χ3v) is 2.33. The SMILES string of the molecule is Cc1ccc([N+](=O)[O-])c(NCCc2ncn[nH]2)n1. The Kier molecular flexibility index (Phi) is 3.46. The molecular weight excluding hydrogens is 236 g/mol. The van der Waals surface area contributed by atoms with Crippen LogP contribution in [0.4, 0.5) is 11.5 Å². The van der Waals surface area contributed by atoms with Gasteiger partial charge in [-0.25, -0.2) is 9.97 Å². The number of nitro groups is 1. The summed E-state index contributed by atoms with van der Waals surface area (Å²) in [6.45, 7) is 2.28. The van der Waals surface area contributed by atoms with Gasteiger partial charge in [0.25, 0.3) is 0 Å². The molecule has 2 aromatic heterocycles. The fraction of sp³-hybridized carbons (Fsp3) is 0.300. The van der Waals surface area contributed by atoms with Crippen LogP contribution in [0, 0.1) is 17.0 Å². The highest BCUT2D eigenvalue weighted by Crippen LogP contribution is 2.21. The molecule has 8 nitrogen and oxygen atoms in total. The van der Waals surface area contributed by atoms with E-state index < -0.39 is 4.92 Å². The molecule has 0 atom stereocenters. The highest BCUT2D eigenvalue weighted by molar-refractivity contribution is 5.56. The zero-order valence-corrected chi connectivity index (χ0v) is 9.75. The monoisotopic (exact) mass is 248 g/mol. The standard InChI is InChI=1S/C10H12N6O2/c1-7-2-3-8(16(17)18)10(14-7)11-5-4-9-12-6-13-15-9/h2-3,6H,4-5H2,1H3,(H,11,14)(H,12,13,15). The number of rotatable bonds is 5. The van der Waals surface area contributed by atoms with Crippen molar-refractivity contribution in [3.8, 4) is 0 Å². The number of aromatic nitrogens is 4. The first-order valence-corrected chi connectivity index (χ1v) is 5.37. The molecule has 0 bridgehead atoms. The summed E-state index contributed by atoms with van der Waals surface area (Å²) in [6, 6.07) is 3.05. The minimum absolute atomic E-state index is 0.0295. The summed E-state index contributed by atoms with van der Waals surface area (Å²) in [5.41, 5.74) is 0.695. The number of hydrogen-bond donors (Lipinski definition) is 2. The molecule has 0 aliphatic carbocycles. The first kappa shape index (κ1) is 12.0. The lowest BCUT2D eigenvalue weighted by Crippen LogP contribution is -2.09. The molecule has 0 radical (unpaired) electrons. The van der Waals surface area contributed by atoms with Crippen molar-refractivity contribution >= 4 is 11.5 Å². The minimum atomic E-state index is -0.455. The van der Waals surface area contributed by atoms with Crippen LogP contribution in [-0.2, 0) is 6.42 Å². The van der Waals surface area contributed by atoms with Gasteiger partial charge in [0.15, 0.2) is 0 Å². The van der Waals surface area contributed by atoms with Crippen LogP contribution in [0.2, 0.25) is 0 Å². The van der Waals surface area contributed by atoms with Crippen molar-refractivity contribution in [2.75, 3.05) is 11.9 Å². The minimum Gasteiger partial charge on any atom is -0.364 e. The molecule has 0 aliphatic rings. The quantitative estimate of drug-likeness (QED) is 0.605. The number of aryl methyl sites for hydroxylation is 1. The van der Waals surface area contributed by atoms with Gasteiger partial charge in [-0.1, -0.05) is 0 Å². The highest BCUT2D eigenvalue weighted by atomic mass is 16.6. The van der Waals surface area contributed by atoms with Gasteiger partial charge in [0.1, 0.15) is 12.2 Å². The molecule has 94 valence electrons. The summed E-state index contributed by atoms with van der Waals surface area (Å²) in [5.74, 6) is 0.998. The van der Waals surface area contributed by atoms with Gasteiger partial charge in [-0.15, -0.1) is 0 Å². The van der Waals surface area contributed by atoms with E-state index in [2.05, 4.69) is 25.5 Å². The van der Waals surface area contributed by atoms with Gasteiger partial charge < -0.3 is 5.32 Å². The van der Waals surface area contributed by atoms with Crippen molar-refractivity contribution in [3.63, 3.8) is 0 Å². The Balaban J connectivity index is 2.03. The molecule has 0 spiro atoms. The number of aromatic amines is 1. The number of H-pyrrole nitrogens is 1. The van der Waals surface area contributed by atoms with Crippen molar-refractivity contribution < 1.29 is 4.92 Å². The van der Waals surface area contributed by atoms with Crippen molar-refractivity contribution in [2.24, 2.45) is 0 Å². The van der Waals surface area contributed by atoms with Crippen molar-refractivity contribution in [1.29, 1.82) is 0 Å². The van der Waals surface area contributed by atoms with Gasteiger partial charge in [0.2, 0.25) is 5.82 Å². The molecule has 0 saturated carbocycles. The van der Waals surface area contributed by atoms with Gasteiger partial charge >= 0.3 is 5.69 Å². The Hall–Kier alpha value is -2.51. The molecule has 0 aliphatic heterocycles. The molecule has 2 aromatic rings. The molecule has 2 rings (SSSR count). The summed E-state index contributed by atoms with van der Waals surface area (Å²) in [6.07, 6.45) is 2.01. The van der Waals surface area contributed by atoms with E-state index >= 15 is 0 Å². The zero-order chi connectivity index (χ0) is 13.0. The maximum Gasteiger partial charge on any atom is 0.311 e. The topological polar surface area (TPSA) is 110 Å². The first-order chi connectivity index (χ1) is 8.66. The van der Waals surface area contributed by atoms with E-state index in [0.29, 0.717) is 13.0 Å². The lowest BCUT2D eigenvalue weighted by Gasteiger charge is -2.05. The van der Waals surface area contributed by atoms with Crippen LogP contribution in [-0.4, -0.2) is 31.6 Å². The van der Waals surface area contributed by atoms with E-state index in [4.69, 9.17) is 0 Å². The Labute approximate surface area is 103 Å². The highest BCUT2D eigenvalue weighted by Gasteiger charge is 2.14. The normalized spacial score (nSPS) is 10.3. The molecular formula is C10H12N6O2. The van der Waals surface area contributed by atoms with E-state index in [-0.39, 0.29) is 11.5 Å². The number of pyridine rings is 1. The van der Waals surface area contributed by atoms with Crippen LogP contribution in [0.25, 0.3) is 0 Å². The predicted molar refractivity (Wildman–Crippen MR) is 64.2 cm³/mol. The Bertz CT molecular complexity index is 539. The van der Waals surface area contributed by atoms with Crippen LogP contribution in [0.5, 0.6) is 0 Å². The zero-order valence-electron chi connectivity index (χ0n) is 9.75. The van der Waals surface area contributed by atoms with Gasteiger partial charge in [-0.2, -0.15) is 5.10 Å². The van der Waals surface area contributed by atoms with Gasteiger partial charge in [0.05, 0.1) is 4.92 Å². The maximum absolute atomic E-state index is 10.8. The maximum atomic E-state index is 10.8. The Morgan fingerprint density at radius 2 is 2.33 bits per heavy atom. The van der Waals surface area contributed by atoms with Crippen molar-refractivity contribution in [1.82, 2.24) is 20.2 Å². The fourth-order valence-electron chi connectivity index (χ4n) is 1.48. The summed E-state index contributed by atoms with van der Waals surface area (Å²) in [4.78, 5) is 18.4. The largest absolute Gasteiger partial charge is 0.364 e. The van der Waals surface area contributed by atoms with E-state index in [1.165, 1.54) is 12.4 Å². The van der Waals surface area contributed by atoms with Gasteiger partial charge in [0, 0.05) is 24.7 Å². The van der Waals surface area contributed by atoms with Crippen LogP contribution in [0.1, 0.15) is 11.5 Å². The summed E-state index contributed by atoms with van der Waals surface area (Å²) < 4.78 is 0. The second-order valence-corrected chi connectivity index (χ2v) is 3.69. The molecule has 0 unspecified atom stereocenters. The molecule has 0 fully saturated rings. The lowest BCUT2D eigenvalue weighted by atomic mass is 10.3. The van der Waals surface area contributed by atoms with E-state index in [1.54, 1.807) is 13.0 Å². The third kappa shape index (κ3) is 2.78. The summed E-state index contributed by atoms with van der Waals surface area (Å²) in [7, 11) is 0. The number of nitrogens with zero attached hydrogens (tertiary/aromatic N) is 4. The van der Waals surface area contributed by atoms with Crippen LogP contribution < -0.4 is 5.32 Å². The molecule has 0 saturated heterocycles. The Morgan fingerprint density at radius 1 is 1.50 bits per heavy atom. The average molecular weight is 248 g/mol.